The molecule has 2 radical (unpaired) electrons. The van der Waals surface area contributed by atoms with Crippen LogP contribution in [0.5, 0.6) is 0 Å². The summed E-state index contributed by atoms with van der Waals surface area (Å²) in [5.41, 5.74) is 8.91. The average Bonchev–Trinajstić information content (AvgIpc) is 3.69. The van der Waals surface area contributed by atoms with Gasteiger partial charge in [-0.25, -0.2) is 0 Å². The first-order chi connectivity index (χ1) is 41.0. The molecule has 0 amide bonds. The van der Waals surface area contributed by atoms with Crippen LogP contribution in [-0.2, 0) is 39.0 Å². The molecule has 88 heavy (non-hydrogen) atoms. The summed E-state index contributed by atoms with van der Waals surface area (Å²) < 4.78 is 0. The maximum Gasteiger partial charge on any atom is 3.00 e. The monoisotopic (exact) mass is 1380 g/mol. The maximum absolute atomic E-state index is 10.5. The van der Waals surface area contributed by atoms with Crippen molar-refractivity contribution in [3.8, 4) is 68.3 Å². The molecule has 0 N–H and O–H groups in total. The molecule has 0 bridgehead atoms. The second-order valence-electron chi connectivity index (χ2n) is 16.6. The van der Waals surface area contributed by atoms with Gasteiger partial charge < -0.3 is 64.4 Å². The number of aromatic carboxylic acids is 4. The van der Waals surface area contributed by atoms with E-state index in [2.05, 4.69) is 59.8 Å². The van der Waals surface area contributed by atoms with Gasteiger partial charge in [0.15, 0.2) is 0 Å². The van der Waals surface area contributed by atoms with Crippen LogP contribution in [0.3, 0.4) is 0 Å². The zero-order valence-corrected chi connectivity index (χ0v) is 50.5. The van der Waals surface area contributed by atoms with E-state index in [1.165, 1.54) is 48.5 Å². The van der Waals surface area contributed by atoms with Gasteiger partial charge in [-0.15, -0.1) is 0 Å². The molecule has 12 heterocycles. The molecule has 0 saturated carbocycles. The standard InChI is InChI=1S/2C12H8N2O4.4C10H8N2.2ClH.2Ru/c2*15-11(16)7-1-3-9(13-5-7)10-4-2-8(6-14-10)12(17)18;4*1-3-7-11-9(5-1)10-6-2-4-8-12-10;;;;/h2*1-6H,(H,15,16)(H,17,18);4*1-8H;2*1H;;/q;;;;;;;;2*+3/p-6. The summed E-state index contributed by atoms with van der Waals surface area (Å²) >= 11 is 0. The number of carbonyl (C=O) groups excluding carboxylic acids is 4. The van der Waals surface area contributed by atoms with Gasteiger partial charge in [0.05, 0.1) is 92.2 Å². The predicted molar refractivity (Wildman–Crippen MR) is 302 cm³/mol. The summed E-state index contributed by atoms with van der Waals surface area (Å²) in [6.45, 7) is 0. The van der Waals surface area contributed by atoms with Crippen molar-refractivity contribution in [1.82, 2.24) is 59.8 Å². The fraction of sp³-hybridized carbons (Fsp3) is 0. The van der Waals surface area contributed by atoms with Crippen molar-refractivity contribution in [2.75, 3.05) is 0 Å². The maximum atomic E-state index is 10.5. The van der Waals surface area contributed by atoms with Crippen molar-refractivity contribution < 1.29 is 103 Å². The van der Waals surface area contributed by atoms with Crippen LogP contribution < -0.4 is 45.2 Å². The van der Waals surface area contributed by atoms with Gasteiger partial charge in [-0.3, -0.25) is 59.8 Å². The first-order valence-electron chi connectivity index (χ1n) is 25.0. The van der Waals surface area contributed by atoms with Crippen LogP contribution in [0.15, 0.2) is 268 Å². The third-order valence-electron chi connectivity index (χ3n) is 10.9. The molecule has 0 saturated heterocycles. The van der Waals surface area contributed by atoms with E-state index in [1.54, 1.807) is 49.6 Å². The summed E-state index contributed by atoms with van der Waals surface area (Å²) in [4.78, 5) is 91.2. The number of nitrogens with zero attached hydrogens (tertiary/aromatic N) is 12. The van der Waals surface area contributed by atoms with Crippen LogP contribution in [-0.4, -0.2) is 83.7 Å². The van der Waals surface area contributed by atoms with Crippen LogP contribution in [0.4, 0.5) is 0 Å². The number of pyridine rings is 12. The second-order valence-corrected chi connectivity index (χ2v) is 16.6. The molecule has 0 aliphatic carbocycles. The summed E-state index contributed by atoms with van der Waals surface area (Å²) in [6.07, 6.45) is 18.8. The number of carboxylic acid groups (broad SMARTS) is 4. The molecule has 0 fully saturated rings. The van der Waals surface area contributed by atoms with E-state index < -0.39 is 23.9 Å². The largest absolute Gasteiger partial charge is 3.00 e. The third kappa shape index (κ3) is 23.5. The molecule has 12 aromatic rings. The average molecular weight is 1380 g/mol. The zero-order valence-electron chi connectivity index (χ0n) is 45.5. The fourth-order valence-electron chi connectivity index (χ4n) is 6.78. The number of hydrogen-bond donors (Lipinski definition) is 0. The van der Waals surface area contributed by atoms with Gasteiger partial charge in [-0.05, 0) is 146 Å². The number of halogens is 2. The molecule has 0 spiro atoms. The molecule has 24 heteroatoms. The minimum absolute atomic E-state index is 0. The third-order valence-corrected chi connectivity index (χ3v) is 10.9. The van der Waals surface area contributed by atoms with E-state index in [4.69, 9.17) is 0 Å². The molecule has 12 aromatic heterocycles. The van der Waals surface area contributed by atoms with Crippen molar-refractivity contribution in [2.45, 2.75) is 0 Å². The van der Waals surface area contributed by atoms with E-state index in [9.17, 15) is 39.6 Å². The van der Waals surface area contributed by atoms with Crippen LogP contribution in [0.2, 0.25) is 0 Å². The minimum Gasteiger partial charge on any atom is -1.00 e. The fourth-order valence-corrected chi connectivity index (χ4v) is 6.78. The smallest absolute Gasteiger partial charge is 1.00 e. The van der Waals surface area contributed by atoms with E-state index in [-0.39, 0.29) is 86.0 Å². The number of carbonyl (C=O) groups is 4. The van der Waals surface area contributed by atoms with Gasteiger partial charge in [0, 0.05) is 96.6 Å². The quantitative estimate of drug-likeness (QED) is 0.166. The molecular weight excluding hydrogens is 1340 g/mol. The van der Waals surface area contributed by atoms with Gasteiger partial charge in [0.1, 0.15) is 0 Å². The Hall–Kier alpha value is -10.5. The molecule has 0 unspecified atom stereocenters. The Morgan fingerprint density at radius 2 is 0.341 bits per heavy atom. The van der Waals surface area contributed by atoms with Gasteiger partial charge in [0.2, 0.25) is 0 Å². The molecule has 0 aromatic carbocycles. The Bertz CT molecular complexity index is 3250. The van der Waals surface area contributed by atoms with E-state index in [0.717, 1.165) is 70.3 Å². The van der Waals surface area contributed by atoms with Crippen molar-refractivity contribution >= 4 is 23.9 Å². The van der Waals surface area contributed by atoms with Crippen LogP contribution >= 0.6 is 0 Å². The van der Waals surface area contributed by atoms with Gasteiger partial charge >= 0.3 is 39.0 Å². The second kappa shape index (κ2) is 39.2. The van der Waals surface area contributed by atoms with Gasteiger partial charge in [0.25, 0.3) is 0 Å². The molecule has 20 nitrogen and oxygen atoms in total. The molecular formula is C64H44Cl2N12O8Ru2. The predicted octanol–water partition coefficient (Wildman–Crippen LogP) is 0.319. The SMILES string of the molecule is O=C([O-])c1ccc(-c2ccc(C(=O)[O-])cn2)nc1.O=C([O-])c1ccc(-c2ccc(C(=O)[O-])cn2)nc1.[Cl-].[Cl-].[Ru+3].[Ru+3].c1ccc(-c2ccccn2)nc1.c1ccc(-c2ccccn2)nc1.c1ccc(-c2ccccn2)nc1.c1ccc(-c2ccccn2)nc1. The zero-order chi connectivity index (χ0) is 59.1. The van der Waals surface area contributed by atoms with E-state index >= 15 is 0 Å². The molecule has 0 aliphatic heterocycles. The van der Waals surface area contributed by atoms with Gasteiger partial charge in [-0.1, -0.05) is 48.5 Å². The Morgan fingerprint density at radius 3 is 0.432 bits per heavy atom. The van der Waals surface area contributed by atoms with Crippen LogP contribution in [0, 0.1) is 0 Å². The van der Waals surface area contributed by atoms with Crippen LogP contribution in [0.25, 0.3) is 68.3 Å². The van der Waals surface area contributed by atoms with Crippen molar-refractivity contribution in [3.63, 3.8) is 0 Å². The Labute approximate surface area is 542 Å². The molecule has 438 valence electrons. The van der Waals surface area contributed by atoms with Crippen molar-refractivity contribution in [3.05, 3.63) is 291 Å². The summed E-state index contributed by atoms with van der Waals surface area (Å²) in [5, 5.41) is 42.1. The van der Waals surface area contributed by atoms with Crippen LogP contribution in [0.1, 0.15) is 41.4 Å². The van der Waals surface area contributed by atoms with Crippen molar-refractivity contribution in [1.29, 1.82) is 0 Å². The summed E-state index contributed by atoms with van der Waals surface area (Å²) in [7, 11) is 0. The number of hydrogen-bond acceptors (Lipinski definition) is 20. The first kappa shape index (κ1) is 71.8. The number of carboxylic acids is 4. The van der Waals surface area contributed by atoms with Gasteiger partial charge in [-0.2, -0.15) is 0 Å². The Morgan fingerprint density at radius 1 is 0.205 bits per heavy atom. The number of rotatable bonds is 10. The number of aromatic nitrogens is 12. The summed E-state index contributed by atoms with van der Waals surface area (Å²) in [5.74, 6) is -5.24. The minimum atomic E-state index is -1.31. The van der Waals surface area contributed by atoms with E-state index in [0.29, 0.717) is 22.8 Å². The summed E-state index contributed by atoms with van der Waals surface area (Å²) in [6, 6.07) is 57.6. The normalized spacial score (nSPS) is 9.36. The first-order valence-corrected chi connectivity index (χ1v) is 25.0. The Balaban J connectivity index is 0.000000276. The topological polar surface area (TPSA) is 315 Å². The molecule has 12 rings (SSSR count). The molecule has 0 aliphatic rings. The van der Waals surface area contributed by atoms with Crippen molar-refractivity contribution in [2.24, 2.45) is 0 Å². The molecule has 0 atom stereocenters. The Kier molecular flexibility index (Phi) is 32.0. The van der Waals surface area contributed by atoms with E-state index in [1.807, 2.05) is 146 Å².